The second-order valence-corrected chi connectivity index (χ2v) is 12.3. The summed E-state index contributed by atoms with van der Waals surface area (Å²) in [5.41, 5.74) is 4.09. The molecule has 42 heavy (non-hydrogen) atoms. The number of likely N-dealkylation sites (tertiary alicyclic amines) is 1. The summed E-state index contributed by atoms with van der Waals surface area (Å²) in [5, 5.41) is 7.43. The van der Waals surface area contributed by atoms with E-state index >= 15 is 0 Å². The third-order valence-corrected chi connectivity index (χ3v) is 9.37. The Labute approximate surface area is 252 Å². The summed E-state index contributed by atoms with van der Waals surface area (Å²) in [6.45, 7) is 13.8. The Morgan fingerprint density at radius 3 is 2.71 bits per heavy atom. The Hall–Kier alpha value is -2.99. The standard InChI is InChI=1S/C31H43N7O3S/c1-24-20-25-6-4-7-33-28(25)29(30(24)41-22-27(39)32-8-13-35-9-2-3-10-35)37-12-5-11-36(14-15-37)21-26-23-42-31(34-26)38-16-18-40-19-17-38/h4,6-7,20,23H,2-3,5,8-19,21-22H2,1H3,(H,32,39). The van der Waals surface area contributed by atoms with E-state index in [4.69, 9.17) is 19.4 Å². The first kappa shape index (κ1) is 29.1. The SMILES string of the molecule is Cc1cc2cccnc2c(N2CCCN(Cc3csc(N4CCOCC4)n3)CC2)c1OCC(=O)NCCN1CCCC1. The number of nitrogens with one attached hydrogen (secondary N) is 1. The molecule has 3 aromatic rings. The number of ether oxygens (including phenoxy) is 2. The second kappa shape index (κ2) is 14.0. The first-order valence-electron chi connectivity index (χ1n) is 15.4. The molecule has 11 heteroatoms. The van der Waals surface area contributed by atoms with Crippen LogP contribution in [0.2, 0.25) is 0 Å². The highest BCUT2D eigenvalue weighted by molar-refractivity contribution is 7.13. The maximum atomic E-state index is 12.7. The van der Waals surface area contributed by atoms with Crippen LogP contribution in [0.4, 0.5) is 10.8 Å². The topological polar surface area (TPSA) is 86.3 Å². The maximum Gasteiger partial charge on any atom is 0.257 e. The molecule has 0 spiro atoms. The first-order valence-corrected chi connectivity index (χ1v) is 16.3. The van der Waals surface area contributed by atoms with Crippen molar-refractivity contribution in [3.63, 3.8) is 0 Å². The molecule has 2 aromatic heterocycles. The van der Waals surface area contributed by atoms with E-state index in [1.165, 1.54) is 12.8 Å². The molecule has 0 radical (unpaired) electrons. The molecule has 6 rings (SSSR count). The van der Waals surface area contributed by atoms with Gasteiger partial charge < -0.3 is 29.5 Å². The van der Waals surface area contributed by atoms with Gasteiger partial charge in [0.25, 0.3) is 5.91 Å². The molecular weight excluding hydrogens is 550 g/mol. The van der Waals surface area contributed by atoms with E-state index in [0.717, 1.165) is 124 Å². The van der Waals surface area contributed by atoms with E-state index in [-0.39, 0.29) is 12.5 Å². The molecule has 3 aliphatic heterocycles. The third-order valence-electron chi connectivity index (χ3n) is 8.42. The Kier molecular flexibility index (Phi) is 9.69. The van der Waals surface area contributed by atoms with Crippen LogP contribution < -0.4 is 19.9 Å². The van der Waals surface area contributed by atoms with Crippen molar-refractivity contribution in [1.82, 2.24) is 25.1 Å². The number of hydrogen-bond donors (Lipinski definition) is 1. The zero-order valence-electron chi connectivity index (χ0n) is 24.7. The number of carbonyl (C=O) groups excluding carboxylic acids is 1. The minimum atomic E-state index is -0.0811. The quantitative estimate of drug-likeness (QED) is 0.381. The van der Waals surface area contributed by atoms with Crippen LogP contribution in [-0.4, -0.2) is 111 Å². The lowest BCUT2D eigenvalue weighted by molar-refractivity contribution is -0.123. The number of amides is 1. The number of aromatic nitrogens is 2. The number of thiazole rings is 1. The van der Waals surface area contributed by atoms with Gasteiger partial charge in [0.1, 0.15) is 11.4 Å². The highest BCUT2D eigenvalue weighted by Gasteiger charge is 2.24. The van der Waals surface area contributed by atoms with Crippen LogP contribution in [0.15, 0.2) is 29.8 Å². The van der Waals surface area contributed by atoms with E-state index in [1.54, 1.807) is 11.3 Å². The lowest BCUT2D eigenvalue weighted by Crippen LogP contribution is -2.36. The highest BCUT2D eigenvalue weighted by atomic mass is 32.1. The first-order chi connectivity index (χ1) is 20.6. The van der Waals surface area contributed by atoms with Gasteiger partial charge in [-0.3, -0.25) is 14.7 Å². The summed E-state index contributed by atoms with van der Waals surface area (Å²) < 4.78 is 11.8. The Morgan fingerprint density at radius 1 is 1.02 bits per heavy atom. The van der Waals surface area contributed by atoms with Gasteiger partial charge >= 0.3 is 0 Å². The minimum Gasteiger partial charge on any atom is -0.481 e. The molecule has 0 unspecified atom stereocenters. The zero-order valence-corrected chi connectivity index (χ0v) is 25.5. The Morgan fingerprint density at radius 2 is 1.86 bits per heavy atom. The van der Waals surface area contributed by atoms with Gasteiger partial charge in [0, 0.05) is 75.9 Å². The van der Waals surface area contributed by atoms with Crippen molar-refractivity contribution in [1.29, 1.82) is 0 Å². The van der Waals surface area contributed by atoms with Crippen molar-refractivity contribution in [2.24, 2.45) is 0 Å². The summed E-state index contributed by atoms with van der Waals surface area (Å²) in [7, 11) is 0. The molecule has 1 amide bonds. The van der Waals surface area contributed by atoms with Gasteiger partial charge in [0.2, 0.25) is 0 Å². The summed E-state index contributed by atoms with van der Waals surface area (Å²) >= 11 is 1.73. The monoisotopic (exact) mass is 593 g/mol. The second-order valence-electron chi connectivity index (χ2n) is 11.5. The number of carbonyl (C=O) groups is 1. The van der Waals surface area contributed by atoms with Gasteiger partial charge in [-0.05, 0) is 57.0 Å². The van der Waals surface area contributed by atoms with E-state index in [0.29, 0.717) is 6.54 Å². The van der Waals surface area contributed by atoms with Gasteiger partial charge in [-0.25, -0.2) is 4.98 Å². The van der Waals surface area contributed by atoms with Crippen LogP contribution in [0.5, 0.6) is 5.75 Å². The van der Waals surface area contributed by atoms with Gasteiger partial charge in [0.05, 0.1) is 24.4 Å². The van der Waals surface area contributed by atoms with Crippen molar-refractivity contribution >= 4 is 39.0 Å². The molecule has 0 aliphatic carbocycles. The average Bonchev–Trinajstić information content (AvgIpc) is 3.65. The van der Waals surface area contributed by atoms with E-state index in [2.05, 4.69) is 49.4 Å². The molecular formula is C31H43N7O3S. The zero-order chi connectivity index (χ0) is 28.7. The number of aryl methyl sites for hydroxylation is 1. The molecule has 3 saturated heterocycles. The van der Waals surface area contributed by atoms with Crippen molar-refractivity contribution in [3.05, 3.63) is 41.0 Å². The molecule has 226 valence electrons. The van der Waals surface area contributed by atoms with Gasteiger partial charge in [-0.15, -0.1) is 11.3 Å². The van der Waals surface area contributed by atoms with Crippen LogP contribution in [-0.2, 0) is 16.1 Å². The van der Waals surface area contributed by atoms with Gasteiger partial charge in [-0.2, -0.15) is 0 Å². The lowest BCUT2D eigenvalue weighted by atomic mass is 10.1. The molecule has 0 saturated carbocycles. The fraction of sp³-hybridized carbons (Fsp3) is 0.581. The normalized spacial score (nSPS) is 18.9. The third kappa shape index (κ3) is 7.14. The van der Waals surface area contributed by atoms with Gasteiger partial charge in [0.15, 0.2) is 11.7 Å². The number of benzene rings is 1. The van der Waals surface area contributed by atoms with Gasteiger partial charge in [-0.1, -0.05) is 6.07 Å². The van der Waals surface area contributed by atoms with Crippen molar-refractivity contribution in [2.75, 3.05) is 95.1 Å². The summed E-state index contributed by atoms with van der Waals surface area (Å²) in [5.74, 6) is 0.682. The van der Waals surface area contributed by atoms with Crippen LogP contribution in [0, 0.1) is 6.92 Å². The fourth-order valence-electron chi connectivity index (χ4n) is 6.20. The van der Waals surface area contributed by atoms with Crippen molar-refractivity contribution < 1.29 is 14.3 Å². The predicted molar refractivity (Wildman–Crippen MR) is 168 cm³/mol. The fourth-order valence-corrected chi connectivity index (χ4v) is 7.07. The van der Waals surface area contributed by atoms with Crippen molar-refractivity contribution in [2.45, 2.75) is 32.7 Å². The molecule has 3 aliphatic rings. The Balaban J connectivity index is 1.12. The van der Waals surface area contributed by atoms with Crippen molar-refractivity contribution in [3.8, 4) is 5.75 Å². The number of rotatable bonds is 10. The molecule has 10 nitrogen and oxygen atoms in total. The molecule has 1 aromatic carbocycles. The van der Waals surface area contributed by atoms with Crippen LogP contribution in [0.1, 0.15) is 30.5 Å². The number of pyridine rings is 1. The van der Waals surface area contributed by atoms with E-state index in [9.17, 15) is 4.79 Å². The van der Waals surface area contributed by atoms with Crippen LogP contribution >= 0.6 is 11.3 Å². The van der Waals surface area contributed by atoms with Crippen LogP contribution in [0.3, 0.4) is 0 Å². The number of fused-ring (bicyclic) bond motifs is 1. The average molecular weight is 594 g/mol. The molecule has 0 bridgehead atoms. The number of morpholine rings is 1. The van der Waals surface area contributed by atoms with E-state index < -0.39 is 0 Å². The number of nitrogens with zero attached hydrogens (tertiary/aromatic N) is 6. The molecule has 5 heterocycles. The minimum absolute atomic E-state index is 0.00144. The summed E-state index contributed by atoms with van der Waals surface area (Å²) in [6.07, 6.45) is 5.38. The molecule has 3 fully saturated rings. The highest BCUT2D eigenvalue weighted by Crippen LogP contribution is 2.39. The predicted octanol–water partition coefficient (Wildman–Crippen LogP) is 3.14. The number of hydrogen-bond acceptors (Lipinski definition) is 10. The Bertz CT molecular complexity index is 1340. The largest absolute Gasteiger partial charge is 0.481 e. The lowest BCUT2D eigenvalue weighted by Gasteiger charge is -2.28. The van der Waals surface area contributed by atoms with Crippen LogP contribution in [0.25, 0.3) is 10.9 Å². The number of anilines is 2. The summed E-state index contributed by atoms with van der Waals surface area (Å²) in [6, 6.07) is 6.19. The van der Waals surface area contributed by atoms with E-state index in [1.807, 2.05) is 12.3 Å². The maximum absolute atomic E-state index is 12.7. The molecule has 1 N–H and O–H groups in total. The molecule has 0 atom stereocenters. The smallest absolute Gasteiger partial charge is 0.257 e. The summed E-state index contributed by atoms with van der Waals surface area (Å²) in [4.78, 5) is 32.1.